The van der Waals surface area contributed by atoms with Crippen LogP contribution in [0, 0.1) is 12.8 Å². The number of rotatable bonds is 15. The first-order chi connectivity index (χ1) is 24.7. The summed E-state index contributed by atoms with van der Waals surface area (Å²) in [4.78, 5) is 65.4. The number of carbonyl (C=O) groups is 4. The number of likely N-dealkylation sites (tertiary alicyclic amines) is 1. The van der Waals surface area contributed by atoms with E-state index in [-0.39, 0.29) is 18.9 Å². The van der Waals surface area contributed by atoms with Crippen molar-refractivity contribution in [1.29, 1.82) is 0 Å². The summed E-state index contributed by atoms with van der Waals surface area (Å²) >= 11 is 1.42. The number of amides is 3. The van der Waals surface area contributed by atoms with Gasteiger partial charge in [0, 0.05) is 19.4 Å². The molecule has 2 fully saturated rings. The predicted octanol–water partition coefficient (Wildman–Crippen LogP) is 5.01. The summed E-state index contributed by atoms with van der Waals surface area (Å²) in [7, 11) is 3.08. The van der Waals surface area contributed by atoms with Crippen molar-refractivity contribution in [3.05, 3.63) is 48.5 Å². The molecule has 0 unspecified atom stereocenters. The number of nitrogens with one attached hydrogen (secondary N) is 2. The van der Waals surface area contributed by atoms with Crippen LogP contribution in [0.25, 0.3) is 21.7 Å². The second-order valence-electron chi connectivity index (χ2n) is 14.4. The third-order valence-corrected chi connectivity index (χ3v) is 10.1. The van der Waals surface area contributed by atoms with Gasteiger partial charge in [0.15, 0.2) is 5.82 Å². The first-order valence-electron chi connectivity index (χ1n) is 17.6. The fraction of sp³-hybridized carbons (Fsp3) is 0.541. The molecule has 2 N–H and O–H groups in total. The summed E-state index contributed by atoms with van der Waals surface area (Å²) in [5.41, 5.74) is 0.137. The minimum Gasteiger partial charge on any atom is -0.471 e. The highest BCUT2D eigenvalue weighted by Crippen LogP contribution is 2.45. The standard InChI is InChI=1S/C37H49N7O7S/c1-9-11-12-13-14-15-26(39-35(48)51-36(4,5)6)33(46)44-21-24(19-28(44)31(45)41-37(34(47)49-8)20-23(37)10-2)50-32-29-25(16-17-52-29)38-30(40-32)27-18-22(3)42-43(27)7/h9-10,16-18,23-24,26,28H,1-2,11-15,19-21H2,3-8H3,(H,39,48)(H,41,45)/t23-,24-,26+,28+,37-/m1/s1. The summed E-state index contributed by atoms with van der Waals surface area (Å²) in [5, 5.41) is 12.0. The zero-order valence-corrected chi connectivity index (χ0v) is 31.6. The van der Waals surface area contributed by atoms with Crippen LogP contribution in [0.4, 0.5) is 4.79 Å². The summed E-state index contributed by atoms with van der Waals surface area (Å²) in [6.45, 7) is 14.7. The lowest BCUT2D eigenvalue weighted by molar-refractivity contribution is -0.148. The van der Waals surface area contributed by atoms with Gasteiger partial charge in [-0.05, 0) is 70.9 Å². The van der Waals surface area contributed by atoms with Crippen molar-refractivity contribution in [2.45, 2.75) is 102 Å². The molecule has 280 valence electrons. The molecule has 1 aliphatic heterocycles. The first-order valence-corrected chi connectivity index (χ1v) is 18.4. The van der Waals surface area contributed by atoms with E-state index in [9.17, 15) is 19.2 Å². The quantitative estimate of drug-likeness (QED) is 0.123. The lowest BCUT2D eigenvalue weighted by Crippen LogP contribution is -2.56. The van der Waals surface area contributed by atoms with E-state index in [0.717, 1.165) is 25.0 Å². The highest BCUT2D eigenvalue weighted by Gasteiger charge is 2.62. The third-order valence-electron chi connectivity index (χ3n) is 9.22. The molecule has 1 saturated heterocycles. The number of carbonyl (C=O) groups excluding carboxylic acids is 4. The van der Waals surface area contributed by atoms with Gasteiger partial charge in [-0.25, -0.2) is 14.6 Å². The van der Waals surface area contributed by atoms with Crippen molar-refractivity contribution in [3.8, 4) is 17.4 Å². The van der Waals surface area contributed by atoms with E-state index in [1.165, 1.54) is 23.3 Å². The van der Waals surface area contributed by atoms with Crippen molar-refractivity contribution < 1.29 is 33.4 Å². The number of ether oxygens (including phenoxy) is 3. The number of hydrogen-bond acceptors (Lipinski definition) is 11. The smallest absolute Gasteiger partial charge is 0.408 e. The minimum absolute atomic E-state index is 0.0209. The van der Waals surface area contributed by atoms with Gasteiger partial charge in [-0.2, -0.15) is 10.1 Å². The lowest BCUT2D eigenvalue weighted by Gasteiger charge is -2.30. The maximum Gasteiger partial charge on any atom is 0.408 e. The van der Waals surface area contributed by atoms with E-state index >= 15 is 0 Å². The van der Waals surface area contributed by atoms with Crippen LogP contribution < -0.4 is 15.4 Å². The molecule has 3 aromatic heterocycles. The number of aromatic nitrogens is 4. The fourth-order valence-electron chi connectivity index (χ4n) is 6.59. The van der Waals surface area contributed by atoms with E-state index in [2.05, 4.69) is 28.9 Å². The number of allylic oxidation sites excluding steroid dienone is 1. The maximum atomic E-state index is 14.5. The first kappa shape index (κ1) is 38.4. The number of unbranched alkanes of at least 4 members (excludes halogenated alkanes) is 3. The van der Waals surface area contributed by atoms with Crippen LogP contribution >= 0.6 is 11.3 Å². The second kappa shape index (κ2) is 15.8. The van der Waals surface area contributed by atoms with Crippen molar-refractivity contribution >= 4 is 45.4 Å². The molecule has 0 spiro atoms. The third kappa shape index (κ3) is 8.63. The van der Waals surface area contributed by atoms with Gasteiger partial charge in [0.2, 0.25) is 17.7 Å². The molecule has 14 nitrogen and oxygen atoms in total. The number of methoxy groups -OCH3 is 1. The molecule has 1 aliphatic carbocycles. The molecule has 52 heavy (non-hydrogen) atoms. The summed E-state index contributed by atoms with van der Waals surface area (Å²) in [5.74, 6) is -1.16. The Morgan fingerprint density at radius 1 is 1.17 bits per heavy atom. The van der Waals surface area contributed by atoms with E-state index < -0.39 is 53.2 Å². The highest BCUT2D eigenvalue weighted by molar-refractivity contribution is 7.17. The normalized spacial score (nSPS) is 21.7. The predicted molar refractivity (Wildman–Crippen MR) is 197 cm³/mol. The van der Waals surface area contributed by atoms with E-state index in [1.54, 1.807) is 31.5 Å². The molecule has 0 aromatic carbocycles. The Morgan fingerprint density at radius 3 is 2.58 bits per heavy atom. The summed E-state index contributed by atoms with van der Waals surface area (Å²) < 4.78 is 19.5. The number of thiophene rings is 1. The minimum atomic E-state index is -1.27. The SMILES string of the molecule is C=CCCCCC[C@H](NC(=O)OC(C)(C)C)C(=O)N1C[C@H](Oc2nc(-c3cc(C)nn3C)nc3ccsc23)C[C@H]1C(=O)N[C@]1(C(=O)OC)C[C@H]1C=C. The zero-order valence-electron chi connectivity index (χ0n) is 30.8. The Morgan fingerprint density at radius 2 is 1.94 bits per heavy atom. The van der Waals surface area contributed by atoms with Gasteiger partial charge in [-0.3, -0.25) is 14.3 Å². The number of esters is 1. The number of alkyl carbamates (subject to hydrolysis) is 1. The van der Waals surface area contributed by atoms with Gasteiger partial charge < -0.3 is 29.7 Å². The lowest BCUT2D eigenvalue weighted by atomic mass is 10.0. The van der Waals surface area contributed by atoms with Gasteiger partial charge in [0.1, 0.15) is 39.7 Å². The van der Waals surface area contributed by atoms with E-state index in [0.29, 0.717) is 46.9 Å². The van der Waals surface area contributed by atoms with Gasteiger partial charge in [-0.1, -0.05) is 25.0 Å². The van der Waals surface area contributed by atoms with Crippen molar-refractivity contribution in [3.63, 3.8) is 0 Å². The molecular formula is C37H49N7O7S. The van der Waals surface area contributed by atoms with Crippen LogP contribution in [-0.4, -0.2) is 91.5 Å². The Kier molecular flexibility index (Phi) is 11.7. The van der Waals surface area contributed by atoms with Crippen molar-refractivity contribution in [1.82, 2.24) is 35.3 Å². The monoisotopic (exact) mass is 735 g/mol. The molecule has 3 amide bonds. The van der Waals surface area contributed by atoms with Crippen LogP contribution in [0.2, 0.25) is 0 Å². The van der Waals surface area contributed by atoms with Gasteiger partial charge in [-0.15, -0.1) is 24.5 Å². The van der Waals surface area contributed by atoms with Gasteiger partial charge in [0.25, 0.3) is 0 Å². The van der Waals surface area contributed by atoms with Gasteiger partial charge >= 0.3 is 12.1 Å². The zero-order chi connectivity index (χ0) is 37.8. The highest BCUT2D eigenvalue weighted by atomic mass is 32.1. The Balaban J connectivity index is 1.45. The largest absolute Gasteiger partial charge is 0.471 e. The molecule has 0 bridgehead atoms. The number of fused-ring (bicyclic) bond motifs is 1. The molecule has 5 atom stereocenters. The molecule has 0 radical (unpaired) electrons. The van der Waals surface area contributed by atoms with Crippen LogP contribution in [-0.2, 0) is 30.9 Å². The van der Waals surface area contributed by atoms with Crippen molar-refractivity contribution in [2.24, 2.45) is 13.0 Å². The number of hydrogen-bond donors (Lipinski definition) is 2. The summed E-state index contributed by atoms with van der Waals surface area (Å²) in [6, 6.07) is 1.75. The fourth-order valence-corrected chi connectivity index (χ4v) is 7.35. The Bertz CT molecular complexity index is 1830. The number of aryl methyl sites for hydroxylation is 2. The van der Waals surface area contributed by atoms with E-state index in [4.69, 9.17) is 24.2 Å². The topological polar surface area (TPSA) is 167 Å². The molecular weight excluding hydrogens is 687 g/mol. The van der Waals surface area contributed by atoms with Crippen molar-refractivity contribution in [2.75, 3.05) is 13.7 Å². The average Bonchev–Trinajstić information content (AvgIpc) is 3.39. The average molecular weight is 736 g/mol. The molecule has 2 aliphatic rings. The van der Waals surface area contributed by atoms with Crippen LogP contribution in [0.15, 0.2) is 42.8 Å². The van der Waals surface area contributed by atoms with Crippen LogP contribution in [0.5, 0.6) is 5.88 Å². The molecule has 1 saturated carbocycles. The van der Waals surface area contributed by atoms with E-state index in [1.807, 2.05) is 37.6 Å². The molecule has 3 aromatic rings. The second-order valence-corrected chi connectivity index (χ2v) is 15.3. The summed E-state index contributed by atoms with van der Waals surface area (Å²) in [6.07, 6.45) is 5.98. The molecule has 5 rings (SSSR count). The Hall–Kier alpha value is -4.79. The molecule has 4 heterocycles. The molecule has 15 heteroatoms. The van der Waals surface area contributed by atoms with Gasteiger partial charge in [0.05, 0.1) is 24.9 Å². The van der Waals surface area contributed by atoms with Crippen LogP contribution in [0.1, 0.15) is 71.4 Å². The maximum absolute atomic E-state index is 14.5. The Labute approximate surface area is 308 Å². The number of nitrogens with zero attached hydrogens (tertiary/aromatic N) is 5. The van der Waals surface area contributed by atoms with Crippen LogP contribution in [0.3, 0.4) is 0 Å².